The number of halogens is 4. The molecule has 0 bridgehead atoms. The van der Waals surface area contributed by atoms with Crippen LogP contribution >= 0.6 is 22.6 Å². The average molecular weight is 473 g/mol. The first-order chi connectivity index (χ1) is 11.3. The SMILES string of the molecule is CC(=O)ON=Cc1cc(Oc2ccc(C(F)(F)F)cc2)ccc1I.[H-].[Na+]. The first-order valence-corrected chi connectivity index (χ1v) is 7.69. The summed E-state index contributed by atoms with van der Waals surface area (Å²) < 4.78 is 43.9. The second-order valence-corrected chi connectivity index (χ2v) is 5.79. The zero-order valence-electron chi connectivity index (χ0n) is 14.3. The molecule has 0 atom stereocenters. The normalized spacial score (nSPS) is 11.1. The Morgan fingerprint density at radius 3 is 2.32 bits per heavy atom. The Hall–Kier alpha value is -1.10. The standard InChI is InChI=1S/C16H11F3INO3.Na.H/c1-10(22)24-21-9-11-8-14(6-7-15(11)20)23-13-4-2-12(3-5-13)16(17,18)19;;/h2-9H,1H3;;/q;+1;-1. The summed E-state index contributed by atoms with van der Waals surface area (Å²) in [6.45, 7) is 1.23. The number of alkyl halides is 3. The van der Waals surface area contributed by atoms with Gasteiger partial charge in [0.2, 0.25) is 0 Å². The molecule has 0 aliphatic rings. The number of carbonyl (C=O) groups is 1. The van der Waals surface area contributed by atoms with E-state index >= 15 is 0 Å². The summed E-state index contributed by atoms with van der Waals surface area (Å²) in [5, 5.41) is 3.53. The van der Waals surface area contributed by atoms with Crippen LogP contribution in [0.3, 0.4) is 0 Å². The fourth-order valence-corrected chi connectivity index (χ4v) is 2.16. The number of ether oxygens (including phenoxy) is 1. The van der Waals surface area contributed by atoms with Gasteiger partial charge in [-0.2, -0.15) is 13.2 Å². The quantitative estimate of drug-likeness (QED) is 0.225. The van der Waals surface area contributed by atoms with Crippen molar-refractivity contribution in [1.29, 1.82) is 0 Å². The molecule has 2 rings (SSSR count). The van der Waals surface area contributed by atoms with Gasteiger partial charge in [0, 0.05) is 16.1 Å². The van der Waals surface area contributed by atoms with E-state index in [1.54, 1.807) is 18.2 Å². The Balaban J connectivity index is 0.00000312. The Morgan fingerprint density at radius 2 is 1.76 bits per heavy atom. The summed E-state index contributed by atoms with van der Waals surface area (Å²) in [6, 6.07) is 9.43. The van der Waals surface area contributed by atoms with Gasteiger partial charge < -0.3 is 11.0 Å². The van der Waals surface area contributed by atoms with Gasteiger partial charge in [-0.1, -0.05) is 5.16 Å². The van der Waals surface area contributed by atoms with Gasteiger partial charge in [-0.15, -0.1) is 0 Å². The minimum atomic E-state index is -4.39. The molecule has 0 amide bonds. The number of oxime groups is 1. The average Bonchev–Trinajstić information content (AvgIpc) is 2.50. The summed E-state index contributed by atoms with van der Waals surface area (Å²) in [5.41, 5.74) is -0.104. The number of nitrogens with zero attached hydrogens (tertiary/aromatic N) is 1. The van der Waals surface area contributed by atoms with Crippen LogP contribution in [0.4, 0.5) is 13.2 Å². The van der Waals surface area contributed by atoms with Crippen LogP contribution in [0, 0.1) is 3.57 Å². The molecule has 0 N–H and O–H groups in total. The summed E-state index contributed by atoms with van der Waals surface area (Å²) in [5.74, 6) is 0.143. The molecule has 2 aromatic rings. The number of carbonyl (C=O) groups excluding carboxylic acids is 1. The van der Waals surface area contributed by atoms with E-state index in [1.807, 2.05) is 0 Å². The molecule has 0 aromatic heterocycles. The van der Waals surface area contributed by atoms with Crippen molar-refractivity contribution in [3.63, 3.8) is 0 Å². The third-order valence-corrected chi connectivity index (χ3v) is 3.74. The predicted molar refractivity (Wildman–Crippen MR) is 91.1 cm³/mol. The third kappa shape index (κ3) is 6.96. The van der Waals surface area contributed by atoms with Crippen LogP contribution in [0.25, 0.3) is 0 Å². The minimum absolute atomic E-state index is 0. The monoisotopic (exact) mass is 473 g/mol. The molecule has 0 heterocycles. The van der Waals surface area contributed by atoms with Crippen molar-refractivity contribution in [2.75, 3.05) is 0 Å². The van der Waals surface area contributed by atoms with Crippen LogP contribution in [0.5, 0.6) is 11.5 Å². The van der Waals surface area contributed by atoms with E-state index < -0.39 is 17.7 Å². The molecule has 0 aliphatic carbocycles. The van der Waals surface area contributed by atoms with Gasteiger partial charge in [0.1, 0.15) is 11.5 Å². The molecule has 0 aliphatic heterocycles. The number of hydrogen-bond acceptors (Lipinski definition) is 4. The molecule has 0 radical (unpaired) electrons. The maximum atomic E-state index is 12.5. The van der Waals surface area contributed by atoms with E-state index in [9.17, 15) is 18.0 Å². The number of rotatable bonds is 4. The smallest absolute Gasteiger partial charge is 1.00 e. The zero-order chi connectivity index (χ0) is 17.7. The Kier molecular flexibility index (Phi) is 8.39. The van der Waals surface area contributed by atoms with Crippen molar-refractivity contribution in [3.8, 4) is 11.5 Å². The van der Waals surface area contributed by atoms with Gasteiger partial charge in [-0.25, -0.2) is 4.79 Å². The van der Waals surface area contributed by atoms with Gasteiger partial charge in [0.05, 0.1) is 11.8 Å². The minimum Gasteiger partial charge on any atom is -1.00 e. The van der Waals surface area contributed by atoms with Gasteiger partial charge in [0.25, 0.3) is 0 Å². The number of benzene rings is 2. The molecule has 4 nitrogen and oxygen atoms in total. The summed E-state index contributed by atoms with van der Waals surface area (Å²) in [6.07, 6.45) is -3.04. The predicted octanol–water partition coefficient (Wildman–Crippen LogP) is 2.12. The van der Waals surface area contributed by atoms with Crippen molar-refractivity contribution in [3.05, 3.63) is 57.2 Å². The summed E-state index contributed by atoms with van der Waals surface area (Å²) in [7, 11) is 0. The number of hydrogen-bond donors (Lipinski definition) is 0. The fourth-order valence-electron chi connectivity index (χ4n) is 1.69. The molecule has 0 saturated carbocycles. The van der Waals surface area contributed by atoms with E-state index in [0.717, 1.165) is 15.7 Å². The van der Waals surface area contributed by atoms with Crippen LogP contribution in [-0.2, 0) is 15.8 Å². The third-order valence-electron chi connectivity index (χ3n) is 2.76. The second kappa shape index (κ2) is 9.56. The molecular formula is C16H12F3INNaO3. The fraction of sp³-hybridized carbons (Fsp3) is 0.125. The molecule has 9 heteroatoms. The van der Waals surface area contributed by atoms with E-state index in [2.05, 4.69) is 32.6 Å². The van der Waals surface area contributed by atoms with E-state index in [4.69, 9.17) is 4.74 Å². The van der Waals surface area contributed by atoms with Crippen LogP contribution in [0.15, 0.2) is 47.6 Å². The molecule has 0 spiro atoms. The second-order valence-electron chi connectivity index (χ2n) is 4.62. The van der Waals surface area contributed by atoms with Gasteiger partial charge in [0.15, 0.2) is 0 Å². The van der Waals surface area contributed by atoms with Gasteiger partial charge in [-0.05, 0) is 65.1 Å². The first-order valence-electron chi connectivity index (χ1n) is 6.61. The first kappa shape index (κ1) is 21.9. The topological polar surface area (TPSA) is 47.9 Å². The molecule has 128 valence electrons. The summed E-state index contributed by atoms with van der Waals surface area (Å²) >= 11 is 2.07. The Bertz CT molecular complexity index is 770. The van der Waals surface area contributed by atoms with Crippen LogP contribution in [0.2, 0.25) is 0 Å². The molecule has 25 heavy (non-hydrogen) atoms. The van der Waals surface area contributed by atoms with Crippen LogP contribution < -0.4 is 34.3 Å². The van der Waals surface area contributed by atoms with Gasteiger partial charge >= 0.3 is 41.7 Å². The van der Waals surface area contributed by atoms with Crippen molar-refractivity contribution >= 4 is 34.8 Å². The zero-order valence-corrected chi connectivity index (χ0v) is 17.5. The van der Waals surface area contributed by atoms with E-state index in [0.29, 0.717) is 11.3 Å². The maximum absolute atomic E-state index is 12.5. The summed E-state index contributed by atoms with van der Waals surface area (Å²) in [4.78, 5) is 15.2. The molecule has 0 saturated heterocycles. The molecular weight excluding hydrogens is 461 g/mol. The Morgan fingerprint density at radius 1 is 1.16 bits per heavy atom. The molecule has 0 fully saturated rings. The van der Waals surface area contributed by atoms with Crippen molar-refractivity contribution in [2.45, 2.75) is 13.1 Å². The van der Waals surface area contributed by atoms with Crippen LogP contribution in [-0.4, -0.2) is 12.2 Å². The van der Waals surface area contributed by atoms with Gasteiger partial charge in [-0.3, -0.25) is 0 Å². The van der Waals surface area contributed by atoms with Crippen LogP contribution in [0.1, 0.15) is 19.5 Å². The van der Waals surface area contributed by atoms with Crippen molar-refractivity contribution in [2.24, 2.45) is 5.16 Å². The molecule has 0 unspecified atom stereocenters. The Labute approximate surface area is 179 Å². The van der Waals surface area contributed by atoms with E-state index in [-0.39, 0.29) is 36.7 Å². The van der Waals surface area contributed by atoms with E-state index in [1.165, 1.54) is 25.3 Å². The van der Waals surface area contributed by atoms with Crippen molar-refractivity contribution in [1.82, 2.24) is 0 Å². The van der Waals surface area contributed by atoms with Crippen molar-refractivity contribution < 1.29 is 58.5 Å². The molecule has 2 aromatic carbocycles. The maximum Gasteiger partial charge on any atom is 1.00 e. The largest absolute Gasteiger partial charge is 1.00 e.